The van der Waals surface area contributed by atoms with Gasteiger partial charge in [0.15, 0.2) is 5.69 Å². The lowest BCUT2D eigenvalue weighted by atomic mass is 10.1. The zero-order valence-electron chi connectivity index (χ0n) is 9.73. The van der Waals surface area contributed by atoms with Gasteiger partial charge in [-0.15, -0.1) is 0 Å². The predicted octanol–water partition coefficient (Wildman–Crippen LogP) is 3.48. The second-order valence-electron chi connectivity index (χ2n) is 3.89. The van der Waals surface area contributed by atoms with Crippen LogP contribution in [0.5, 0.6) is 0 Å². The molecule has 0 aliphatic carbocycles. The number of hydrogen-bond acceptors (Lipinski definition) is 3. The van der Waals surface area contributed by atoms with E-state index >= 15 is 0 Å². The first-order chi connectivity index (χ1) is 9.32. The second-order valence-corrected chi connectivity index (χ2v) is 3.89. The zero-order chi connectivity index (χ0) is 14.9. The number of H-pyrrole nitrogens is 1. The number of nitro groups is 1. The molecule has 20 heavy (non-hydrogen) atoms. The molecule has 2 aromatic rings. The van der Waals surface area contributed by atoms with Crippen LogP contribution in [0.25, 0.3) is 11.3 Å². The van der Waals surface area contributed by atoms with Gasteiger partial charge < -0.3 is 10.1 Å². The highest BCUT2D eigenvalue weighted by Crippen LogP contribution is 2.32. The summed E-state index contributed by atoms with van der Waals surface area (Å²) in [5, 5.41) is 19.5. The normalized spacial score (nSPS) is 11.1. The van der Waals surface area contributed by atoms with Gasteiger partial charge in [-0.25, -0.2) is 4.98 Å². The molecule has 1 heterocycles. The van der Waals surface area contributed by atoms with Gasteiger partial charge in [0, 0.05) is 5.56 Å². The van der Waals surface area contributed by atoms with Crippen molar-refractivity contribution in [3.63, 3.8) is 0 Å². The van der Waals surface area contributed by atoms with E-state index in [4.69, 9.17) is 5.26 Å². The van der Waals surface area contributed by atoms with Gasteiger partial charge in [-0.05, 0) is 17.1 Å². The van der Waals surface area contributed by atoms with E-state index < -0.39 is 22.5 Å². The number of rotatable bonds is 2. The van der Waals surface area contributed by atoms with E-state index in [1.165, 1.54) is 0 Å². The average Bonchev–Trinajstić information content (AvgIpc) is 2.82. The Morgan fingerprint density at radius 1 is 1.25 bits per heavy atom. The molecule has 0 spiro atoms. The molecular formula is C12H6F3N3O2. The third-order valence-electron chi connectivity index (χ3n) is 2.62. The summed E-state index contributed by atoms with van der Waals surface area (Å²) in [6.07, 6.45) is -4.46. The molecule has 0 atom stereocenters. The van der Waals surface area contributed by atoms with Crippen molar-refractivity contribution in [1.82, 2.24) is 4.98 Å². The summed E-state index contributed by atoms with van der Waals surface area (Å²) in [7, 11) is 0. The highest BCUT2D eigenvalue weighted by molar-refractivity contribution is 5.69. The SMILES string of the molecule is N#Cc1cc([N+](=O)[O-])[nH]c1-c1ccc(C(F)(F)F)cc1. The summed E-state index contributed by atoms with van der Waals surface area (Å²) in [5.74, 6) is -0.392. The minimum Gasteiger partial charge on any atom is -0.358 e. The highest BCUT2D eigenvalue weighted by atomic mass is 19.4. The van der Waals surface area contributed by atoms with Crippen LogP contribution in [-0.2, 0) is 6.18 Å². The van der Waals surface area contributed by atoms with Crippen LogP contribution in [0, 0.1) is 21.4 Å². The lowest BCUT2D eigenvalue weighted by Gasteiger charge is -2.06. The molecule has 2 rings (SSSR count). The van der Waals surface area contributed by atoms with Gasteiger partial charge in [0.2, 0.25) is 0 Å². The minimum atomic E-state index is -4.46. The molecule has 0 amide bonds. The molecule has 0 unspecified atom stereocenters. The van der Waals surface area contributed by atoms with Crippen LogP contribution in [0.15, 0.2) is 30.3 Å². The maximum atomic E-state index is 12.4. The molecule has 8 heteroatoms. The molecule has 5 nitrogen and oxygen atoms in total. The molecule has 1 aromatic heterocycles. The fourth-order valence-corrected chi connectivity index (χ4v) is 1.68. The summed E-state index contributed by atoms with van der Waals surface area (Å²) >= 11 is 0. The lowest BCUT2D eigenvalue weighted by Crippen LogP contribution is -2.04. The average molecular weight is 281 g/mol. The standard InChI is InChI=1S/C12H6F3N3O2/c13-12(14,15)9-3-1-7(2-4-9)11-8(6-16)5-10(17-11)18(19)20/h1-5,17H. The molecule has 1 N–H and O–H groups in total. The fourth-order valence-electron chi connectivity index (χ4n) is 1.68. The van der Waals surface area contributed by atoms with Gasteiger partial charge in [0.25, 0.3) is 0 Å². The summed E-state index contributed by atoms with van der Waals surface area (Å²) in [5.41, 5.74) is -0.451. The van der Waals surface area contributed by atoms with E-state index in [9.17, 15) is 23.3 Å². The summed E-state index contributed by atoms with van der Waals surface area (Å²) in [6.45, 7) is 0. The van der Waals surface area contributed by atoms with Crippen LogP contribution in [0.4, 0.5) is 19.0 Å². The number of nitriles is 1. The van der Waals surface area contributed by atoms with Crippen LogP contribution < -0.4 is 0 Å². The van der Waals surface area contributed by atoms with Crippen molar-refractivity contribution < 1.29 is 18.1 Å². The predicted molar refractivity (Wildman–Crippen MR) is 62.6 cm³/mol. The Bertz CT molecular complexity index is 696. The molecule has 0 saturated heterocycles. The minimum absolute atomic E-state index is 0.00328. The summed E-state index contributed by atoms with van der Waals surface area (Å²) in [6, 6.07) is 6.80. The van der Waals surface area contributed by atoms with Gasteiger partial charge in [-0.3, -0.25) is 0 Å². The maximum absolute atomic E-state index is 12.4. The van der Waals surface area contributed by atoms with E-state index in [-0.39, 0.29) is 16.8 Å². The van der Waals surface area contributed by atoms with E-state index in [0.717, 1.165) is 30.3 Å². The first kappa shape index (κ1) is 13.6. The fraction of sp³-hybridized carbons (Fsp3) is 0.0833. The van der Waals surface area contributed by atoms with Crippen LogP contribution in [0.2, 0.25) is 0 Å². The van der Waals surface area contributed by atoms with Gasteiger partial charge in [-0.2, -0.15) is 18.4 Å². The quantitative estimate of drug-likeness (QED) is 0.675. The number of aromatic amines is 1. The highest BCUT2D eigenvalue weighted by Gasteiger charge is 2.30. The molecule has 102 valence electrons. The molecule has 0 fully saturated rings. The number of hydrogen-bond donors (Lipinski definition) is 1. The maximum Gasteiger partial charge on any atom is 0.416 e. The second kappa shape index (κ2) is 4.70. The number of nitrogens with zero attached hydrogens (tertiary/aromatic N) is 2. The van der Waals surface area contributed by atoms with Crippen molar-refractivity contribution in [2.45, 2.75) is 6.18 Å². The van der Waals surface area contributed by atoms with E-state index in [1.54, 1.807) is 6.07 Å². The van der Waals surface area contributed by atoms with Crippen LogP contribution in [0.3, 0.4) is 0 Å². The van der Waals surface area contributed by atoms with Gasteiger partial charge >= 0.3 is 12.0 Å². The van der Waals surface area contributed by atoms with E-state index in [2.05, 4.69) is 4.98 Å². The monoisotopic (exact) mass is 281 g/mol. The number of aromatic nitrogens is 1. The molecule has 0 aliphatic heterocycles. The molecule has 0 aliphatic rings. The van der Waals surface area contributed by atoms with Gasteiger partial charge in [-0.1, -0.05) is 12.1 Å². The van der Waals surface area contributed by atoms with Crippen LogP contribution in [-0.4, -0.2) is 9.91 Å². The third kappa shape index (κ3) is 2.47. The Morgan fingerprint density at radius 3 is 2.30 bits per heavy atom. The zero-order valence-corrected chi connectivity index (χ0v) is 9.73. The molecule has 0 radical (unpaired) electrons. The molecular weight excluding hydrogens is 275 g/mol. The molecule has 1 aromatic carbocycles. The Labute approximate surface area is 110 Å². The van der Waals surface area contributed by atoms with Crippen LogP contribution >= 0.6 is 0 Å². The number of benzene rings is 1. The Morgan fingerprint density at radius 2 is 1.85 bits per heavy atom. The molecule has 0 bridgehead atoms. The van der Waals surface area contributed by atoms with Crippen molar-refractivity contribution in [2.24, 2.45) is 0 Å². The smallest absolute Gasteiger partial charge is 0.358 e. The van der Waals surface area contributed by atoms with E-state index in [1.807, 2.05) is 0 Å². The Hall–Kier alpha value is -2.82. The number of alkyl halides is 3. The first-order valence-corrected chi connectivity index (χ1v) is 5.28. The first-order valence-electron chi connectivity index (χ1n) is 5.28. The number of nitrogens with one attached hydrogen (secondary N) is 1. The Kier molecular flexibility index (Phi) is 3.19. The largest absolute Gasteiger partial charge is 0.416 e. The Balaban J connectivity index is 2.47. The summed E-state index contributed by atoms with van der Waals surface area (Å²) < 4.78 is 37.3. The third-order valence-corrected chi connectivity index (χ3v) is 2.62. The van der Waals surface area contributed by atoms with Crippen molar-refractivity contribution in [3.05, 3.63) is 51.6 Å². The lowest BCUT2D eigenvalue weighted by molar-refractivity contribution is -0.389. The van der Waals surface area contributed by atoms with Crippen LogP contribution in [0.1, 0.15) is 11.1 Å². The molecule has 0 saturated carbocycles. The topological polar surface area (TPSA) is 82.7 Å². The van der Waals surface area contributed by atoms with Gasteiger partial charge in [0.05, 0.1) is 11.6 Å². The van der Waals surface area contributed by atoms with Crippen molar-refractivity contribution in [2.75, 3.05) is 0 Å². The van der Waals surface area contributed by atoms with Crippen molar-refractivity contribution in [1.29, 1.82) is 5.26 Å². The van der Waals surface area contributed by atoms with Crippen molar-refractivity contribution >= 4 is 5.82 Å². The summed E-state index contributed by atoms with van der Waals surface area (Å²) in [4.78, 5) is 12.3. The number of halogens is 3. The van der Waals surface area contributed by atoms with E-state index in [0.29, 0.717) is 0 Å². The van der Waals surface area contributed by atoms with Gasteiger partial charge in [0.1, 0.15) is 11.6 Å². The van der Waals surface area contributed by atoms with Crippen molar-refractivity contribution in [3.8, 4) is 17.3 Å².